The molecule has 1 aliphatic heterocycles. The van der Waals surface area contributed by atoms with E-state index in [0.717, 1.165) is 42.6 Å². The molecule has 0 aliphatic carbocycles. The van der Waals surface area contributed by atoms with Crippen LogP contribution in [0.5, 0.6) is 0 Å². The van der Waals surface area contributed by atoms with Crippen LogP contribution < -0.4 is 10.0 Å². The molecule has 0 bridgehead atoms. The van der Waals surface area contributed by atoms with Gasteiger partial charge in [0.05, 0.1) is 4.90 Å². The highest BCUT2D eigenvalue weighted by Crippen LogP contribution is 2.30. The van der Waals surface area contributed by atoms with Crippen LogP contribution in [-0.2, 0) is 21.4 Å². The molecule has 0 radical (unpaired) electrons. The largest absolute Gasteiger partial charge is 0.382 e. The van der Waals surface area contributed by atoms with E-state index in [4.69, 9.17) is 0 Å². The molecule has 0 spiro atoms. The predicted octanol–water partition coefficient (Wildman–Crippen LogP) is 4.58. The zero-order chi connectivity index (χ0) is 21.8. The Morgan fingerprint density at radius 3 is 2.21 bits per heavy atom. The number of sulfonamides is 1. The molecule has 6 nitrogen and oxygen atoms in total. The molecule has 33 heavy (non-hydrogen) atoms. The van der Waals surface area contributed by atoms with Gasteiger partial charge in [-0.1, -0.05) is 54.6 Å². The van der Waals surface area contributed by atoms with Crippen molar-refractivity contribution in [2.24, 2.45) is 0 Å². The summed E-state index contributed by atoms with van der Waals surface area (Å²) in [5, 5.41) is 5.13. The fourth-order valence-electron chi connectivity index (χ4n) is 4.05. The van der Waals surface area contributed by atoms with Gasteiger partial charge in [0.25, 0.3) is 0 Å². The summed E-state index contributed by atoms with van der Waals surface area (Å²) in [4.78, 5) is 13.7. The first-order chi connectivity index (χ1) is 14.9. The van der Waals surface area contributed by atoms with Gasteiger partial charge in [0.15, 0.2) is 0 Å². The van der Waals surface area contributed by atoms with Crippen LogP contribution in [0.4, 0.5) is 5.69 Å². The summed E-state index contributed by atoms with van der Waals surface area (Å²) in [6.07, 6.45) is 1.74. The number of hydrogen-bond acceptors (Lipinski definition) is 4. The second-order valence-electron chi connectivity index (χ2n) is 7.89. The van der Waals surface area contributed by atoms with E-state index in [0.29, 0.717) is 5.39 Å². The van der Waals surface area contributed by atoms with E-state index in [9.17, 15) is 13.2 Å². The van der Waals surface area contributed by atoms with Crippen LogP contribution in [0.3, 0.4) is 0 Å². The number of hydrogen-bond donors (Lipinski definition) is 2. The quantitative estimate of drug-likeness (QED) is 0.509. The Kier molecular flexibility index (Phi) is 9.55. The fraction of sp³-hybridized carbons (Fsp3) is 0.292. The van der Waals surface area contributed by atoms with E-state index in [1.54, 1.807) is 19.1 Å². The highest BCUT2D eigenvalue weighted by molar-refractivity contribution is 7.89. The highest BCUT2D eigenvalue weighted by atomic mass is 35.5. The van der Waals surface area contributed by atoms with Gasteiger partial charge >= 0.3 is 0 Å². The molecule has 9 heteroatoms. The molecule has 1 heterocycles. The number of piperidine rings is 1. The smallest absolute Gasteiger partial charge is 0.241 e. The van der Waals surface area contributed by atoms with Crippen LogP contribution in [0.25, 0.3) is 10.8 Å². The number of anilines is 1. The third-order valence-electron chi connectivity index (χ3n) is 5.78. The molecule has 2 N–H and O–H groups in total. The van der Waals surface area contributed by atoms with Crippen molar-refractivity contribution >= 4 is 57.2 Å². The van der Waals surface area contributed by atoms with E-state index in [1.807, 2.05) is 59.5 Å². The molecule has 1 amide bonds. The van der Waals surface area contributed by atoms with Crippen molar-refractivity contribution in [1.29, 1.82) is 0 Å². The molecule has 1 saturated heterocycles. The SMILES string of the molecule is CC(=O)N1CCC(Nc2cccc3c(S(=O)(=O)NCc4ccccc4)cccc23)CC1.Cl.Cl. The minimum absolute atomic E-state index is 0. The van der Waals surface area contributed by atoms with Gasteiger partial charge in [-0.05, 0) is 30.5 Å². The molecule has 0 saturated carbocycles. The number of amides is 1. The number of fused-ring (bicyclic) bond motifs is 1. The van der Waals surface area contributed by atoms with Crippen molar-refractivity contribution in [3.05, 3.63) is 72.3 Å². The van der Waals surface area contributed by atoms with Crippen LogP contribution in [0.15, 0.2) is 71.6 Å². The summed E-state index contributed by atoms with van der Waals surface area (Å²) in [6.45, 7) is 3.32. The Balaban J connectivity index is 0.00000193. The Morgan fingerprint density at radius 1 is 0.909 bits per heavy atom. The Bertz CT molecular complexity index is 1180. The second kappa shape index (κ2) is 11.7. The Labute approximate surface area is 207 Å². The van der Waals surface area contributed by atoms with Gasteiger partial charge in [-0.15, -0.1) is 24.8 Å². The van der Waals surface area contributed by atoms with Crippen LogP contribution in [0.2, 0.25) is 0 Å². The number of likely N-dealkylation sites (tertiary alicyclic amines) is 1. The molecule has 1 fully saturated rings. The molecular formula is C24H29Cl2N3O3S. The number of nitrogens with one attached hydrogen (secondary N) is 2. The lowest BCUT2D eigenvalue weighted by Crippen LogP contribution is -2.41. The average molecular weight is 510 g/mol. The van der Waals surface area contributed by atoms with Crippen molar-refractivity contribution in [3.63, 3.8) is 0 Å². The summed E-state index contributed by atoms with van der Waals surface area (Å²) in [7, 11) is -3.67. The number of benzene rings is 3. The van der Waals surface area contributed by atoms with Crippen molar-refractivity contribution in [2.45, 2.75) is 37.2 Å². The zero-order valence-electron chi connectivity index (χ0n) is 18.4. The molecule has 3 aromatic carbocycles. The summed E-state index contributed by atoms with van der Waals surface area (Å²) in [6, 6.07) is 20.8. The first kappa shape index (κ1) is 26.9. The lowest BCUT2D eigenvalue weighted by molar-refractivity contribution is -0.129. The topological polar surface area (TPSA) is 78.5 Å². The molecule has 1 aliphatic rings. The summed E-state index contributed by atoms with van der Waals surface area (Å²) in [5.41, 5.74) is 1.82. The molecule has 0 atom stereocenters. The number of carbonyl (C=O) groups is 1. The maximum Gasteiger partial charge on any atom is 0.241 e. The van der Waals surface area contributed by atoms with Crippen molar-refractivity contribution in [2.75, 3.05) is 18.4 Å². The molecule has 3 aromatic rings. The molecule has 178 valence electrons. The van der Waals surface area contributed by atoms with E-state index < -0.39 is 10.0 Å². The highest BCUT2D eigenvalue weighted by Gasteiger charge is 2.22. The van der Waals surface area contributed by atoms with Gasteiger partial charge in [0.2, 0.25) is 15.9 Å². The number of rotatable bonds is 6. The minimum atomic E-state index is -3.67. The molecular weight excluding hydrogens is 481 g/mol. The van der Waals surface area contributed by atoms with Gasteiger partial charge in [-0.3, -0.25) is 4.79 Å². The molecule has 0 aromatic heterocycles. The number of carbonyl (C=O) groups excluding carboxylic acids is 1. The fourth-order valence-corrected chi connectivity index (χ4v) is 5.29. The van der Waals surface area contributed by atoms with Crippen LogP contribution in [0, 0.1) is 0 Å². The third kappa shape index (κ3) is 6.38. The summed E-state index contributed by atoms with van der Waals surface area (Å²) >= 11 is 0. The van der Waals surface area contributed by atoms with Gasteiger partial charge < -0.3 is 10.2 Å². The standard InChI is InChI=1S/C24H27N3O3S.2ClH/c1-18(28)27-15-13-20(14-16-27)26-23-11-5-10-22-21(23)9-6-12-24(22)31(29,30)25-17-19-7-3-2-4-8-19;;/h2-12,20,25-26H,13-17H2,1H3;2*1H. The monoisotopic (exact) mass is 509 g/mol. The lowest BCUT2D eigenvalue weighted by atomic mass is 10.0. The van der Waals surface area contributed by atoms with Gasteiger partial charge in [-0.2, -0.15) is 0 Å². The lowest BCUT2D eigenvalue weighted by Gasteiger charge is -2.32. The maximum atomic E-state index is 13.1. The van der Waals surface area contributed by atoms with E-state index >= 15 is 0 Å². The minimum Gasteiger partial charge on any atom is -0.382 e. The van der Waals surface area contributed by atoms with Gasteiger partial charge in [0, 0.05) is 49.1 Å². The third-order valence-corrected chi connectivity index (χ3v) is 7.24. The average Bonchev–Trinajstić information content (AvgIpc) is 2.79. The van der Waals surface area contributed by atoms with E-state index in [-0.39, 0.29) is 48.2 Å². The molecule has 0 unspecified atom stereocenters. The van der Waals surface area contributed by atoms with Gasteiger partial charge in [-0.25, -0.2) is 13.1 Å². The predicted molar refractivity (Wildman–Crippen MR) is 138 cm³/mol. The Hall–Kier alpha value is -2.32. The number of nitrogens with zero attached hydrogens (tertiary/aromatic N) is 1. The Morgan fingerprint density at radius 2 is 1.55 bits per heavy atom. The normalized spacial score (nSPS) is 14.3. The van der Waals surface area contributed by atoms with Crippen molar-refractivity contribution in [3.8, 4) is 0 Å². The van der Waals surface area contributed by atoms with Crippen LogP contribution >= 0.6 is 24.8 Å². The summed E-state index contributed by atoms with van der Waals surface area (Å²) < 4.78 is 28.8. The van der Waals surface area contributed by atoms with Crippen molar-refractivity contribution < 1.29 is 13.2 Å². The summed E-state index contributed by atoms with van der Waals surface area (Å²) in [5.74, 6) is 0.112. The maximum absolute atomic E-state index is 13.1. The zero-order valence-corrected chi connectivity index (χ0v) is 20.8. The van der Waals surface area contributed by atoms with Crippen LogP contribution in [-0.4, -0.2) is 38.4 Å². The molecule has 4 rings (SSSR count). The number of halogens is 2. The van der Waals surface area contributed by atoms with E-state index in [1.165, 1.54) is 0 Å². The van der Waals surface area contributed by atoms with Crippen molar-refractivity contribution in [1.82, 2.24) is 9.62 Å². The van der Waals surface area contributed by atoms with Crippen LogP contribution in [0.1, 0.15) is 25.3 Å². The van der Waals surface area contributed by atoms with Gasteiger partial charge in [0.1, 0.15) is 0 Å². The van der Waals surface area contributed by atoms with E-state index in [2.05, 4.69) is 10.0 Å². The first-order valence-electron chi connectivity index (χ1n) is 10.5. The first-order valence-corrected chi connectivity index (χ1v) is 12.0. The second-order valence-corrected chi connectivity index (χ2v) is 9.63.